The highest BCUT2D eigenvalue weighted by Crippen LogP contribution is 2.38. The second kappa shape index (κ2) is 7.85. The second-order valence-corrected chi connectivity index (χ2v) is 8.44. The number of hydrogen-bond acceptors (Lipinski definition) is 4. The molecule has 5 heteroatoms. The number of pyridine rings is 3. The molecule has 7 rings (SSSR count). The Morgan fingerprint density at radius 2 is 1.26 bits per heavy atom. The van der Waals surface area contributed by atoms with Crippen molar-refractivity contribution in [2.75, 3.05) is 0 Å². The van der Waals surface area contributed by atoms with Crippen molar-refractivity contribution >= 4 is 32.6 Å². The minimum atomic E-state index is 0.897. The van der Waals surface area contributed by atoms with Gasteiger partial charge in [-0.2, -0.15) is 0 Å². The number of nitrogens with zero attached hydrogens (tertiary/aromatic N) is 5. The van der Waals surface area contributed by atoms with Crippen LogP contribution >= 0.6 is 0 Å². The Morgan fingerprint density at radius 1 is 0.543 bits per heavy atom. The van der Waals surface area contributed by atoms with Crippen molar-refractivity contribution < 1.29 is 0 Å². The van der Waals surface area contributed by atoms with Gasteiger partial charge in [-0.1, -0.05) is 48.5 Å². The first-order chi connectivity index (χ1) is 17.4. The molecule has 0 fully saturated rings. The molecule has 0 atom stereocenters. The summed E-state index contributed by atoms with van der Waals surface area (Å²) in [5.74, 6) is 0.897. The molecule has 0 saturated heterocycles. The molecule has 0 radical (unpaired) electrons. The van der Waals surface area contributed by atoms with E-state index in [9.17, 15) is 0 Å². The molecule has 5 nitrogen and oxygen atoms in total. The lowest BCUT2D eigenvalue weighted by molar-refractivity contribution is 1.11. The molecule has 35 heavy (non-hydrogen) atoms. The Hall–Kier alpha value is -4.90. The lowest BCUT2D eigenvalue weighted by Crippen LogP contribution is -1.98. The maximum Gasteiger partial charge on any atom is 0.145 e. The number of imidazole rings is 1. The van der Waals surface area contributed by atoms with Crippen LogP contribution in [-0.4, -0.2) is 24.5 Å². The van der Waals surface area contributed by atoms with Crippen molar-refractivity contribution in [3.05, 3.63) is 116 Å². The molecule has 0 aliphatic carbocycles. The normalized spacial score (nSPS) is 11.4. The SMILES string of the molecule is c1ccc(-c2nc3c4ccncc4c4cnccc4c3n2-c2ccc(-c3ccccn3)cc2)cc1. The lowest BCUT2D eigenvalue weighted by Gasteiger charge is -2.13. The third-order valence-electron chi connectivity index (χ3n) is 6.44. The van der Waals surface area contributed by atoms with Crippen molar-refractivity contribution in [2.45, 2.75) is 0 Å². The topological polar surface area (TPSA) is 56.5 Å². The third-order valence-corrected chi connectivity index (χ3v) is 6.44. The zero-order valence-corrected chi connectivity index (χ0v) is 18.7. The van der Waals surface area contributed by atoms with Crippen molar-refractivity contribution in [1.82, 2.24) is 24.5 Å². The zero-order valence-electron chi connectivity index (χ0n) is 18.7. The van der Waals surface area contributed by atoms with Gasteiger partial charge in [0.05, 0.1) is 16.7 Å². The molecule has 0 amide bonds. The Labute approximate surface area is 201 Å². The van der Waals surface area contributed by atoms with Gasteiger partial charge in [-0.15, -0.1) is 0 Å². The van der Waals surface area contributed by atoms with Crippen molar-refractivity contribution in [3.8, 4) is 28.3 Å². The van der Waals surface area contributed by atoms with Gasteiger partial charge in [0.25, 0.3) is 0 Å². The molecule has 0 bridgehead atoms. The van der Waals surface area contributed by atoms with E-state index >= 15 is 0 Å². The Bertz CT molecular complexity index is 1820. The predicted octanol–water partition coefficient (Wildman–Crippen LogP) is 6.85. The van der Waals surface area contributed by atoms with E-state index in [2.05, 4.69) is 62.0 Å². The van der Waals surface area contributed by atoms with E-state index in [1.165, 1.54) is 0 Å². The number of aromatic nitrogens is 5. The standard InChI is InChI=1S/C30H19N5/c1-2-6-21(7-3-1)30-34-28-23-13-16-31-18-25(23)26-19-32-17-14-24(26)29(28)35(30)22-11-9-20(10-12-22)27-8-4-5-15-33-27/h1-19H. The fraction of sp³-hybridized carbons (Fsp3) is 0. The van der Waals surface area contributed by atoms with E-state index in [0.717, 1.165) is 60.9 Å². The predicted molar refractivity (Wildman–Crippen MR) is 140 cm³/mol. The maximum atomic E-state index is 5.22. The van der Waals surface area contributed by atoms with Crippen LogP contribution in [0.3, 0.4) is 0 Å². The Kier molecular flexibility index (Phi) is 4.39. The third kappa shape index (κ3) is 3.09. The average Bonchev–Trinajstić information content (AvgIpc) is 3.35. The van der Waals surface area contributed by atoms with Gasteiger partial charge in [0.1, 0.15) is 5.82 Å². The number of rotatable bonds is 3. The molecule has 0 aliphatic rings. The highest BCUT2D eigenvalue weighted by Gasteiger charge is 2.20. The molecule has 4 aromatic heterocycles. The summed E-state index contributed by atoms with van der Waals surface area (Å²) < 4.78 is 2.26. The maximum absolute atomic E-state index is 5.22. The number of fused-ring (bicyclic) bond motifs is 6. The van der Waals surface area contributed by atoms with Crippen LogP contribution in [0.5, 0.6) is 0 Å². The molecule has 0 spiro atoms. The van der Waals surface area contributed by atoms with Crippen LogP contribution in [0.2, 0.25) is 0 Å². The summed E-state index contributed by atoms with van der Waals surface area (Å²) in [5.41, 5.74) is 6.14. The smallest absolute Gasteiger partial charge is 0.145 e. The van der Waals surface area contributed by atoms with Crippen LogP contribution in [0.25, 0.3) is 60.9 Å². The fourth-order valence-corrected chi connectivity index (χ4v) is 4.83. The van der Waals surface area contributed by atoms with Crippen LogP contribution in [0.4, 0.5) is 0 Å². The van der Waals surface area contributed by atoms with E-state index < -0.39 is 0 Å². The summed E-state index contributed by atoms with van der Waals surface area (Å²) in [6.45, 7) is 0. The van der Waals surface area contributed by atoms with Crippen LogP contribution in [-0.2, 0) is 0 Å². The first-order valence-corrected chi connectivity index (χ1v) is 11.5. The van der Waals surface area contributed by atoms with E-state index in [4.69, 9.17) is 4.98 Å². The molecule has 7 aromatic rings. The van der Waals surface area contributed by atoms with Gasteiger partial charge in [0.2, 0.25) is 0 Å². The van der Waals surface area contributed by atoms with Gasteiger partial charge in [-0.05, 0) is 36.4 Å². The molecule has 3 aromatic carbocycles. The minimum absolute atomic E-state index is 0.897. The van der Waals surface area contributed by atoms with Crippen LogP contribution in [0.15, 0.2) is 116 Å². The summed E-state index contributed by atoms with van der Waals surface area (Å²) in [5, 5.41) is 4.28. The first kappa shape index (κ1) is 19.6. The molecule has 0 saturated carbocycles. The minimum Gasteiger partial charge on any atom is -0.292 e. The fourth-order valence-electron chi connectivity index (χ4n) is 4.83. The Balaban J connectivity index is 1.59. The van der Waals surface area contributed by atoms with Crippen molar-refractivity contribution in [2.24, 2.45) is 0 Å². The van der Waals surface area contributed by atoms with Gasteiger partial charge in [0, 0.05) is 69.3 Å². The van der Waals surface area contributed by atoms with E-state index in [1.807, 2.05) is 73.4 Å². The van der Waals surface area contributed by atoms with Gasteiger partial charge in [-0.25, -0.2) is 4.98 Å². The number of benzene rings is 3. The van der Waals surface area contributed by atoms with Crippen LogP contribution < -0.4 is 0 Å². The molecular weight excluding hydrogens is 430 g/mol. The van der Waals surface area contributed by atoms with Gasteiger partial charge < -0.3 is 0 Å². The summed E-state index contributed by atoms with van der Waals surface area (Å²) in [4.78, 5) is 18.5. The van der Waals surface area contributed by atoms with Gasteiger partial charge >= 0.3 is 0 Å². The molecular formula is C30H19N5. The van der Waals surface area contributed by atoms with E-state index in [-0.39, 0.29) is 0 Å². The summed E-state index contributed by atoms with van der Waals surface area (Å²) >= 11 is 0. The molecule has 0 N–H and O–H groups in total. The average molecular weight is 450 g/mol. The largest absolute Gasteiger partial charge is 0.292 e. The second-order valence-electron chi connectivity index (χ2n) is 8.44. The van der Waals surface area contributed by atoms with Crippen LogP contribution in [0, 0.1) is 0 Å². The van der Waals surface area contributed by atoms with Gasteiger partial charge in [0.15, 0.2) is 0 Å². The quantitative estimate of drug-likeness (QED) is 0.277. The lowest BCUT2D eigenvalue weighted by atomic mass is 10.0. The van der Waals surface area contributed by atoms with Crippen molar-refractivity contribution in [1.29, 1.82) is 0 Å². The van der Waals surface area contributed by atoms with Crippen molar-refractivity contribution in [3.63, 3.8) is 0 Å². The van der Waals surface area contributed by atoms with E-state index in [0.29, 0.717) is 0 Å². The summed E-state index contributed by atoms with van der Waals surface area (Å²) in [6.07, 6.45) is 9.31. The van der Waals surface area contributed by atoms with E-state index in [1.54, 1.807) is 0 Å². The Morgan fingerprint density at radius 3 is 2.00 bits per heavy atom. The van der Waals surface area contributed by atoms with Crippen LogP contribution in [0.1, 0.15) is 0 Å². The molecule has 164 valence electrons. The summed E-state index contributed by atoms with van der Waals surface area (Å²) in [7, 11) is 0. The highest BCUT2D eigenvalue weighted by molar-refractivity contribution is 6.23. The molecule has 0 aliphatic heterocycles. The monoisotopic (exact) mass is 449 g/mol. The molecule has 0 unspecified atom stereocenters. The zero-order chi connectivity index (χ0) is 23.2. The van der Waals surface area contributed by atoms with Gasteiger partial charge in [-0.3, -0.25) is 19.5 Å². The summed E-state index contributed by atoms with van der Waals surface area (Å²) in [6, 6.07) is 28.9. The highest BCUT2D eigenvalue weighted by atomic mass is 15.1. The number of hydrogen-bond donors (Lipinski definition) is 0. The first-order valence-electron chi connectivity index (χ1n) is 11.5. The molecule has 4 heterocycles.